The highest BCUT2D eigenvalue weighted by Crippen LogP contribution is 2.23. The zero-order valence-electron chi connectivity index (χ0n) is 12.5. The van der Waals surface area contributed by atoms with Gasteiger partial charge in [-0.25, -0.2) is 0 Å². The summed E-state index contributed by atoms with van der Waals surface area (Å²) in [6.45, 7) is 3.86. The maximum absolute atomic E-state index is 11.9. The average Bonchev–Trinajstić information content (AvgIpc) is 2.51. The summed E-state index contributed by atoms with van der Waals surface area (Å²) in [6, 6.07) is 12.0. The molecule has 0 aliphatic rings. The van der Waals surface area contributed by atoms with Gasteiger partial charge in [-0.15, -0.1) is 0 Å². The number of phenolic OH excluding ortho intramolecular Hbond substituents is 1. The predicted octanol–water partition coefficient (Wildman–Crippen LogP) is 2.84. The third-order valence-electron chi connectivity index (χ3n) is 3.23. The Labute approximate surface area is 129 Å². The Morgan fingerprint density at radius 2 is 1.64 bits per heavy atom. The van der Waals surface area contributed by atoms with Crippen LogP contribution in [0.1, 0.15) is 18.1 Å². The quantitative estimate of drug-likeness (QED) is 0.602. The monoisotopic (exact) mass is 298 g/mol. The van der Waals surface area contributed by atoms with Crippen molar-refractivity contribution in [1.29, 1.82) is 0 Å². The molecule has 0 aromatic heterocycles. The number of anilines is 2. The first-order chi connectivity index (χ1) is 10.5. The van der Waals surface area contributed by atoms with Crippen LogP contribution in [0.15, 0.2) is 42.5 Å². The van der Waals surface area contributed by atoms with Crippen molar-refractivity contribution in [2.75, 3.05) is 10.6 Å². The van der Waals surface area contributed by atoms with Crippen molar-refractivity contribution in [1.82, 2.24) is 0 Å². The van der Waals surface area contributed by atoms with Gasteiger partial charge in [-0.3, -0.25) is 9.59 Å². The molecule has 5 nitrogen and oxygen atoms in total. The molecule has 114 valence electrons. The number of amides is 2. The summed E-state index contributed by atoms with van der Waals surface area (Å²) in [5.74, 6) is -1.70. The normalized spacial score (nSPS) is 10.1. The Morgan fingerprint density at radius 3 is 2.27 bits per heavy atom. The number of rotatable bonds is 3. The Hall–Kier alpha value is -2.82. The molecule has 2 rings (SSSR count). The molecule has 3 N–H and O–H groups in total. The van der Waals surface area contributed by atoms with Gasteiger partial charge >= 0.3 is 11.8 Å². The van der Waals surface area contributed by atoms with Crippen molar-refractivity contribution in [2.24, 2.45) is 0 Å². The van der Waals surface area contributed by atoms with Crippen LogP contribution in [-0.4, -0.2) is 16.9 Å². The lowest BCUT2D eigenvalue weighted by Crippen LogP contribution is -2.29. The Kier molecular flexibility index (Phi) is 4.78. The number of phenols is 1. The summed E-state index contributed by atoms with van der Waals surface area (Å²) >= 11 is 0. The second-order valence-corrected chi connectivity index (χ2v) is 4.98. The fraction of sp³-hybridized carbons (Fsp3) is 0.176. The Bertz CT molecular complexity index is 694. The minimum absolute atomic E-state index is 0.0842. The van der Waals surface area contributed by atoms with Gasteiger partial charge in [-0.2, -0.15) is 0 Å². The number of hydrogen-bond donors (Lipinski definition) is 3. The number of hydrogen-bond acceptors (Lipinski definition) is 3. The smallest absolute Gasteiger partial charge is 0.314 e. The number of carbonyl (C=O) groups is 2. The number of aryl methyl sites for hydroxylation is 2. The number of aromatic hydroxyl groups is 1. The van der Waals surface area contributed by atoms with Gasteiger partial charge in [-0.05, 0) is 48.7 Å². The van der Waals surface area contributed by atoms with Gasteiger partial charge < -0.3 is 15.7 Å². The molecule has 0 atom stereocenters. The van der Waals surface area contributed by atoms with E-state index in [1.807, 2.05) is 26.0 Å². The van der Waals surface area contributed by atoms with Crippen LogP contribution in [0.25, 0.3) is 0 Å². The van der Waals surface area contributed by atoms with E-state index in [2.05, 4.69) is 10.6 Å². The minimum atomic E-state index is -0.833. The molecule has 0 radical (unpaired) electrons. The molecule has 0 saturated heterocycles. The molecule has 0 aliphatic heterocycles. The Morgan fingerprint density at radius 1 is 1.00 bits per heavy atom. The minimum Gasteiger partial charge on any atom is -0.506 e. The van der Waals surface area contributed by atoms with Gasteiger partial charge in [-0.1, -0.05) is 25.1 Å². The molecule has 22 heavy (non-hydrogen) atoms. The first-order valence-electron chi connectivity index (χ1n) is 7.00. The van der Waals surface area contributed by atoms with Crippen LogP contribution in [-0.2, 0) is 16.0 Å². The predicted molar refractivity (Wildman–Crippen MR) is 85.9 cm³/mol. The lowest BCUT2D eigenvalue weighted by Gasteiger charge is -2.09. The van der Waals surface area contributed by atoms with E-state index in [9.17, 15) is 14.7 Å². The van der Waals surface area contributed by atoms with E-state index in [-0.39, 0.29) is 11.4 Å². The second kappa shape index (κ2) is 6.76. The SMILES string of the molecule is CCc1ccc(NC(=O)C(=O)Nc2cc(C)ccc2O)cc1. The lowest BCUT2D eigenvalue weighted by atomic mass is 10.1. The molecule has 0 bridgehead atoms. The highest BCUT2D eigenvalue weighted by atomic mass is 16.3. The van der Waals surface area contributed by atoms with Gasteiger partial charge in [0.05, 0.1) is 5.69 Å². The van der Waals surface area contributed by atoms with Gasteiger partial charge in [0.25, 0.3) is 0 Å². The van der Waals surface area contributed by atoms with Crippen molar-refractivity contribution in [2.45, 2.75) is 20.3 Å². The van der Waals surface area contributed by atoms with Crippen LogP contribution in [0, 0.1) is 6.92 Å². The average molecular weight is 298 g/mol. The summed E-state index contributed by atoms with van der Waals surface area (Å²) < 4.78 is 0. The van der Waals surface area contributed by atoms with Crippen molar-refractivity contribution >= 4 is 23.2 Å². The van der Waals surface area contributed by atoms with E-state index in [1.165, 1.54) is 6.07 Å². The van der Waals surface area contributed by atoms with Crippen LogP contribution in [0.2, 0.25) is 0 Å². The van der Waals surface area contributed by atoms with Crippen molar-refractivity contribution in [3.63, 3.8) is 0 Å². The molecule has 2 amide bonds. The summed E-state index contributed by atoms with van der Waals surface area (Å²) in [5, 5.41) is 14.6. The standard InChI is InChI=1S/C17H18N2O3/c1-3-12-5-7-13(8-6-12)18-16(21)17(22)19-14-10-11(2)4-9-15(14)20/h4-10,20H,3H2,1-2H3,(H,18,21)(H,19,22). The molecule has 0 aliphatic carbocycles. The van der Waals surface area contributed by atoms with Crippen LogP contribution in [0.5, 0.6) is 5.75 Å². The first-order valence-corrected chi connectivity index (χ1v) is 7.00. The summed E-state index contributed by atoms with van der Waals surface area (Å²) in [7, 11) is 0. The van der Waals surface area contributed by atoms with Crippen LogP contribution < -0.4 is 10.6 Å². The summed E-state index contributed by atoms with van der Waals surface area (Å²) in [4.78, 5) is 23.7. The van der Waals surface area contributed by atoms with E-state index in [0.717, 1.165) is 17.5 Å². The van der Waals surface area contributed by atoms with Gasteiger partial charge in [0, 0.05) is 5.69 Å². The van der Waals surface area contributed by atoms with E-state index >= 15 is 0 Å². The molecule has 0 fully saturated rings. The topological polar surface area (TPSA) is 78.4 Å². The maximum Gasteiger partial charge on any atom is 0.314 e. The molecule has 0 saturated carbocycles. The number of carbonyl (C=O) groups excluding carboxylic acids is 2. The highest BCUT2D eigenvalue weighted by molar-refractivity contribution is 6.43. The zero-order valence-corrected chi connectivity index (χ0v) is 12.5. The zero-order chi connectivity index (χ0) is 16.1. The van der Waals surface area contributed by atoms with Gasteiger partial charge in [0.1, 0.15) is 5.75 Å². The van der Waals surface area contributed by atoms with Gasteiger partial charge in [0.15, 0.2) is 0 Å². The van der Waals surface area contributed by atoms with E-state index in [0.29, 0.717) is 5.69 Å². The Balaban J connectivity index is 2.02. The molecule has 2 aromatic carbocycles. The summed E-state index contributed by atoms with van der Waals surface area (Å²) in [5.41, 5.74) is 2.77. The fourth-order valence-corrected chi connectivity index (χ4v) is 1.94. The van der Waals surface area contributed by atoms with E-state index in [1.54, 1.807) is 24.3 Å². The van der Waals surface area contributed by atoms with Crippen LogP contribution >= 0.6 is 0 Å². The number of benzene rings is 2. The molecular formula is C17H18N2O3. The van der Waals surface area contributed by atoms with Crippen molar-refractivity contribution < 1.29 is 14.7 Å². The molecule has 0 unspecified atom stereocenters. The second-order valence-electron chi connectivity index (χ2n) is 4.98. The van der Waals surface area contributed by atoms with Crippen molar-refractivity contribution in [3.05, 3.63) is 53.6 Å². The van der Waals surface area contributed by atoms with E-state index < -0.39 is 11.8 Å². The number of nitrogens with one attached hydrogen (secondary N) is 2. The van der Waals surface area contributed by atoms with Crippen molar-refractivity contribution in [3.8, 4) is 5.75 Å². The third-order valence-corrected chi connectivity index (χ3v) is 3.23. The first kappa shape index (κ1) is 15.6. The largest absolute Gasteiger partial charge is 0.506 e. The molecule has 0 spiro atoms. The molecule has 2 aromatic rings. The molecule has 5 heteroatoms. The lowest BCUT2D eigenvalue weighted by molar-refractivity contribution is -0.133. The fourth-order valence-electron chi connectivity index (χ4n) is 1.94. The summed E-state index contributed by atoms with van der Waals surface area (Å²) in [6.07, 6.45) is 0.904. The van der Waals surface area contributed by atoms with Gasteiger partial charge in [0.2, 0.25) is 0 Å². The third kappa shape index (κ3) is 3.85. The molecular weight excluding hydrogens is 280 g/mol. The van der Waals surface area contributed by atoms with Crippen LogP contribution in [0.3, 0.4) is 0 Å². The molecule has 0 heterocycles. The van der Waals surface area contributed by atoms with E-state index in [4.69, 9.17) is 0 Å². The highest BCUT2D eigenvalue weighted by Gasteiger charge is 2.15. The maximum atomic E-state index is 11.9. The van der Waals surface area contributed by atoms with Crippen LogP contribution in [0.4, 0.5) is 11.4 Å².